The summed E-state index contributed by atoms with van der Waals surface area (Å²) < 4.78 is 45.4. The summed E-state index contributed by atoms with van der Waals surface area (Å²) in [6.45, 7) is 3.43. The molecule has 37 heavy (non-hydrogen) atoms. The van der Waals surface area contributed by atoms with Gasteiger partial charge in [-0.1, -0.05) is 19.9 Å². The molecule has 0 aliphatic carbocycles. The summed E-state index contributed by atoms with van der Waals surface area (Å²) in [6.07, 6.45) is 1.36. The van der Waals surface area contributed by atoms with E-state index in [0.717, 1.165) is 0 Å². The van der Waals surface area contributed by atoms with Crippen molar-refractivity contribution in [1.29, 1.82) is 0 Å². The number of nitrogens with one attached hydrogen (secondary N) is 2. The average Bonchev–Trinajstić information content (AvgIpc) is 3.05. The Morgan fingerprint density at radius 3 is 2.59 bits per heavy atom. The molecule has 3 atom stereocenters. The molecular formula is C25H33FN4O6S. The summed E-state index contributed by atoms with van der Waals surface area (Å²) in [5.41, 5.74) is 0. The molecule has 202 valence electrons. The van der Waals surface area contributed by atoms with Gasteiger partial charge in [0.05, 0.1) is 12.1 Å². The minimum absolute atomic E-state index is 0.0760. The lowest BCUT2D eigenvalue weighted by Gasteiger charge is -2.27. The van der Waals surface area contributed by atoms with Crippen LogP contribution in [-0.4, -0.2) is 72.5 Å². The van der Waals surface area contributed by atoms with Crippen molar-refractivity contribution in [3.05, 3.63) is 54.5 Å². The van der Waals surface area contributed by atoms with Gasteiger partial charge in [-0.15, -0.1) is 0 Å². The molecule has 10 nitrogen and oxygen atoms in total. The topological polar surface area (TPSA) is 138 Å². The second kappa shape index (κ2) is 12.9. The van der Waals surface area contributed by atoms with Gasteiger partial charge < -0.3 is 20.5 Å². The zero-order valence-corrected chi connectivity index (χ0v) is 21.7. The highest BCUT2D eigenvalue weighted by Crippen LogP contribution is 2.20. The van der Waals surface area contributed by atoms with Crippen LogP contribution >= 0.6 is 0 Å². The van der Waals surface area contributed by atoms with Crippen LogP contribution in [0.3, 0.4) is 0 Å². The van der Waals surface area contributed by atoms with Gasteiger partial charge in [0.1, 0.15) is 17.6 Å². The van der Waals surface area contributed by atoms with Gasteiger partial charge >= 0.3 is 0 Å². The molecule has 3 N–H and O–H groups in total. The van der Waals surface area contributed by atoms with E-state index in [9.17, 15) is 27.5 Å². The first kappa shape index (κ1) is 28.5. The second-order valence-electron chi connectivity index (χ2n) is 9.35. The largest absolute Gasteiger partial charge is 0.484 e. The summed E-state index contributed by atoms with van der Waals surface area (Å²) in [5.74, 6) is -1.04. The van der Waals surface area contributed by atoms with Crippen molar-refractivity contribution in [2.45, 2.75) is 56.3 Å². The zero-order valence-electron chi connectivity index (χ0n) is 20.8. The number of carbonyl (C=O) groups excluding carboxylic acids is 2. The van der Waals surface area contributed by atoms with Crippen molar-refractivity contribution < 1.29 is 32.2 Å². The van der Waals surface area contributed by atoms with E-state index >= 15 is 0 Å². The number of hydrogen-bond donors (Lipinski definition) is 3. The molecule has 0 bridgehead atoms. The number of aromatic nitrogens is 1. The molecule has 2 heterocycles. The van der Waals surface area contributed by atoms with E-state index in [2.05, 4.69) is 15.6 Å². The fourth-order valence-corrected chi connectivity index (χ4v) is 5.46. The van der Waals surface area contributed by atoms with Crippen LogP contribution in [0.25, 0.3) is 0 Å². The third-order valence-electron chi connectivity index (χ3n) is 5.89. The predicted molar refractivity (Wildman–Crippen MR) is 133 cm³/mol. The molecule has 1 aliphatic heterocycles. The first-order valence-electron chi connectivity index (χ1n) is 12.1. The van der Waals surface area contributed by atoms with E-state index in [4.69, 9.17) is 4.74 Å². The van der Waals surface area contributed by atoms with Crippen molar-refractivity contribution in [3.8, 4) is 5.75 Å². The standard InChI is InChI=1S/C25H33FN4O6S/c1-17(2)14-21(28-23(32)16-36-19-10-8-18(26)9-11-19)25(33)29-20-6-5-13-30(15-22(20)31)37(34,35)24-7-3-4-12-27-24/h3-4,7-12,17,20-22,31H,5-6,13-16H2,1-2H3,(H,28,32)(H,29,33)/t20?,21?,22-/m0/s1. The monoisotopic (exact) mass is 536 g/mol. The number of amides is 2. The summed E-state index contributed by atoms with van der Waals surface area (Å²) in [4.78, 5) is 29.5. The fourth-order valence-electron chi connectivity index (χ4n) is 4.03. The number of aliphatic hydroxyl groups excluding tert-OH is 1. The molecule has 3 rings (SSSR count). The van der Waals surface area contributed by atoms with E-state index < -0.39 is 45.8 Å². The number of benzene rings is 1. The molecule has 0 radical (unpaired) electrons. The van der Waals surface area contributed by atoms with Crippen LogP contribution in [0.5, 0.6) is 5.75 Å². The average molecular weight is 537 g/mol. The Labute approximate surface area is 216 Å². The van der Waals surface area contributed by atoms with Crippen molar-refractivity contribution in [2.24, 2.45) is 5.92 Å². The normalized spacial score (nSPS) is 19.6. The Kier molecular flexibility index (Phi) is 9.95. The molecule has 1 aromatic heterocycles. The van der Waals surface area contributed by atoms with Gasteiger partial charge in [-0.05, 0) is 61.6 Å². The van der Waals surface area contributed by atoms with E-state index in [0.29, 0.717) is 25.0 Å². The first-order chi connectivity index (χ1) is 17.6. The molecule has 1 saturated heterocycles. The molecule has 2 aromatic rings. The molecular weight excluding hydrogens is 503 g/mol. The third kappa shape index (κ3) is 8.20. The maximum absolute atomic E-state index is 13.1. The Morgan fingerprint density at radius 2 is 1.95 bits per heavy atom. The van der Waals surface area contributed by atoms with Crippen LogP contribution in [-0.2, 0) is 19.6 Å². The highest BCUT2D eigenvalue weighted by atomic mass is 32.2. The molecule has 1 fully saturated rings. The number of β-amino-alcohol motifs (C(OH)–C–C–N with tert-alkyl or cyclic N) is 1. The Morgan fingerprint density at radius 1 is 1.22 bits per heavy atom. The van der Waals surface area contributed by atoms with Crippen LogP contribution in [0.2, 0.25) is 0 Å². The van der Waals surface area contributed by atoms with Gasteiger partial charge in [-0.3, -0.25) is 9.59 Å². The van der Waals surface area contributed by atoms with Gasteiger partial charge in [-0.2, -0.15) is 4.31 Å². The van der Waals surface area contributed by atoms with E-state index in [1.807, 2.05) is 13.8 Å². The molecule has 1 aliphatic rings. The third-order valence-corrected chi connectivity index (χ3v) is 7.67. The maximum Gasteiger partial charge on any atom is 0.260 e. The zero-order chi connectivity index (χ0) is 27.0. The Bertz CT molecular complexity index is 1150. The predicted octanol–water partition coefficient (Wildman–Crippen LogP) is 1.46. The highest BCUT2D eigenvalue weighted by molar-refractivity contribution is 7.89. The number of rotatable bonds is 10. The van der Waals surface area contributed by atoms with Crippen LogP contribution in [0.1, 0.15) is 33.1 Å². The van der Waals surface area contributed by atoms with Crippen LogP contribution in [0.15, 0.2) is 53.7 Å². The lowest BCUT2D eigenvalue weighted by Crippen LogP contribution is -2.54. The van der Waals surface area contributed by atoms with E-state index in [1.165, 1.54) is 40.8 Å². The molecule has 1 aromatic carbocycles. The number of carbonyl (C=O) groups is 2. The van der Waals surface area contributed by atoms with Crippen molar-refractivity contribution in [3.63, 3.8) is 0 Å². The summed E-state index contributed by atoms with van der Waals surface area (Å²) in [5, 5.41) is 16.1. The van der Waals surface area contributed by atoms with Crippen molar-refractivity contribution in [2.75, 3.05) is 19.7 Å². The smallest absolute Gasteiger partial charge is 0.260 e. The van der Waals surface area contributed by atoms with E-state index in [-0.39, 0.29) is 30.6 Å². The number of halogens is 1. The van der Waals surface area contributed by atoms with Gasteiger partial charge in [0.15, 0.2) is 11.6 Å². The number of aliphatic hydroxyl groups is 1. The highest BCUT2D eigenvalue weighted by Gasteiger charge is 2.35. The SMILES string of the molecule is CC(C)CC(NC(=O)COc1ccc(F)cc1)C(=O)NC1CCCN(S(=O)(=O)c2ccccn2)C[C@@H]1O. The number of pyridine rings is 1. The van der Waals surface area contributed by atoms with Crippen molar-refractivity contribution >= 4 is 21.8 Å². The summed E-state index contributed by atoms with van der Waals surface area (Å²) >= 11 is 0. The fraction of sp³-hybridized carbons (Fsp3) is 0.480. The van der Waals surface area contributed by atoms with Crippen LogP contribution < -0.4 is 15.4 Å². The summed E-state index contributed by atoms with van der Waals surface area (Å²) in [6, 6.07) is 8.22. The molecule has 2 unspecified atom stereocenters. The number of hydrogen-bond acceptors (Lipinski definition) is 7. The van der Waals surface area contributed by atoms with Crippen LogP contribution in [0.4, 0.5) is 4.39 Å². The van der Waals surface area contributed by atoms with Gasteiger partial charge in [0.25, 0.3) is 15.9 Å². The number of nitrogens with zero attached hydrogens (tertiary/aromatic N) is 2. The van der Waals surface area contributed by atoms with Crippen LogP contribution in [0, 0.1) is 11.7 Å². The lowest BCUT2D eigenvalue weighted by atomic mass is 10.0. The Hall–Kier alpha value is -3.09. The van der Waals surface area contributed by atoms with E-state index in [1.54, 1.807) is 12.1 Å². The Balaban J connectivity index is 1.60. The minimum Gasteiger partial charge on any atom is -0.484 e. The second-order valence-corrected chi connectivity index (χ2v) is 11.2. The minimum atomic E-state index is -3.89. The molecule has 2 amide bonds. The molecule has 0 spiro atoms. The van der Waals surface area contributed by atoms with Gasteiger partial charge in [-0.25, -0.2) is 17.8 Å². The molecule has 0 saturated carbocycles. The van der Waals surface area contributed by atoms with Gasteiger partial charge in [0.2, 0.25) is 5.91 Å². The lowest BCUT2D eigenvalue weighted by molar-refractivity contribution is -0.131. The number of ether oxygens (including phenoxy) is 1. The maximum atomic E-state index is 13.1. The summed E-state index contributed by atoms with van der Waals surface area (Å²) in [7, 11) is -3.89. The first-order valence-corrected chi connectivity index (χ1v) is 13.6. The molecule has 12 heteroatoms. The van der Waals surface area contributed by atoms with Crippen molar-refractivity contribution in [1.82, 2.24) is 19.9 Å². The quantitative estimate of drug-likeness (QED) is 0.418. The number of sulfonamides is 1. The van der Waals surface area contributed by atoms with Gasteiger partial charge in [0, 0.05) is 19.3 Å².